The molecule has 0 unspecified atom stereocenters. The number of carbonyl (C=O) groups excluding carboxylic acids is 1. The Morgan fingerprint density at radius 3 is 2.40 bits per heavy atom. The topological polar surface area (TPSA) is 38.8 Å². The minimum absolute atomic E-state index is 0.0481. The number of rotatable bonds is 2. The van der Waals surface area contributed by atoms with Crippen LogP contribution in [0, 0.1) is 17.0 Å². The van der Waals surface area contributed by atoms with Gasteiger partial charge in [0.2, 0.25) is 0 Å². The van der Waals surface area contributed by atoms with Crippen LogP contribution in [-0.4, -0.2) is 35.8 Å². The molecule has 1 aliphatic carbocycles. The Kier molecular flexibility index (Phi) is 4.64. The van der Waals surface area contributed by atoms with Crippen molar-refractivity contribution in [3.63, 3.8) is 0 Å². The molecule has 0 radical (unpaired) electrons. The highest BCUT2D eigenvalue weighted by Crippen LogP contribution is 2.50. The zero-order valence-electron chi connectivity index (χ0n) is 15.0. The lowest BCUT2D eigenvalue weighted by atomic mass is 9.61. The molecule has 1 aromatic carbocycles. The van der Waals surface area contributed by atoms with Crippen LogP contribution in [0.2, 0.25) is 0 Å². The average molecular weight is 353 g/mol. The fourth-order valence-corrected chi connectivity index (χ4v) is 3.64. The predicted octanol–water partition coefficient (Wildman–Crippen LogP) is 4.52. The van der Waals surface area contributed by atoms with Gasteiger partial charge in [0.15, 0.2) is 11.6 Å². The van der Waals surface area contributed by atoms with Gasteiger partial charge >= 0.3 is 6.09 Å². The summed E-state index contributed by atoms with van der Waals surface area (Å²) in [6, 6.07) is 3.37. The molecule has 1 saturated carbocycles. The van der Waals surface area contributed by atoms with E-state index in [4.69, 9.17) is 9.47 Å². The van der Waals surface area contributed by atoms with Gasteiger partial charge in [-0.2, -0.15) is 0 Å². The van der Waals surface area contributed by atoms with E-state index in [9.17, 15) is 13.6 Å². The summed E-state index contributed by atoms with van der Waals surface area (Å²) in [5, 5.41) is 0. The lowest BCUT2D eigenvalue weighted by molar-refractivity contribution is -0.0593. The van der Waals surface area contributed by atoms with Crippen molar-refractivity contribution in [2.24, 2.45) is 5.41 Å². The Bertz CT molecular complexity index is 641. The van der Waals surface area contributed by atoms with E-state index in [0.717, 1.165) is 31.7 Å². The molecule has 1 aromatic rings. The number of benzene rings is 1. The van der Waals surface area contributed by atoms with Crippen molar-refractivity contribution in [3.8, 4) is 5.75 Å². The second kappa shape index (κ2) is 6.46. The fraction of sp³-hybridized carbons (Fsp3) is 0.632. The lowest BCUT2D eigenvalue weighted by Gasteiger charge is -2.51. The van der Waals surface area contributed by atoms with Gasteiger partial charge in [0.1, 0.15) is 11.4 Å². The first-order valence-corrected chi connectivity index (χ1v) is 8.75. The SMILES string of the molecule is CC(C)(C)OC(=O)N1CCC2(CC1)CC(Oc1ccc(F)cc1F)C2. The molecule has 0 bridgehead atoms. The van der Waals surface area contributed by atoms with Gasteiger partial charge in [-0.15, -0.1) is 0 Å². The average Bonchev–Trinajstić information content (AvgIpc) is 2.47. The van der Waals surface area contributed by atoms with Crippen LogP contribution >= 0.6 is 0 Å². The predicted molar refractivity (Wildman–Crippen MR) is 89.5 cm³/mol. The Hall–Kier alpha value is -1.85. The first-order valence-electron chi connectivity index (χ1n) is 8.75. The minimum atomic E-state index is -0.666. The molecule has 3 rings (SSSR count). The Labute approximate surface area is 147 Å². The first-order chi connectivity index (χ1) is 11.7. The van der Waals surface area contributed by atoms with Crippen molar-refractivity contribution in [2.75, 3.05) is 13.1 Å². The molecular formula is C19H25F2NO3. The van der Waals surface area contributed by atoms with Gasteiger partial charge in [-0.1, -0.05) is 0 Å². The molecule has 2 fully saturated rings. The maximum atomic E-state index is 13.7. The Balaban J connectivity index is 1.47. The number of nitrogens with zero attached hydrogens (tertiary/aromatic N) is 1. The van der Waals surface area contributed by atoms with Crippen LogP contribution < -0.4 is 4.74 Å². The fourth-order valence-electron chi connectivity index (χ4n) is 3.64. The maximum absolute atomic E-state index is 13.7. The van der Waals surface area contributed by atoms with Crippen molar-refractivity contribution in [1.29, 1.82) is 0 Å². The number of likely N-dealkylation sites (tertiary alicyclic amines) is 1. The third-order valence-corrected chi connectivity index (χ3v) is 4.98. The van der Waals surface area contributed by atoms with E-state index in [1.165, 1.54) is 12.1 Å². The van der Waals surface area contributed by atoms with Crippen molar-refractivity contribution >= 4 is 6.09 Å². The number of hydrogen-bond acceptors (Lipinski definition) is 3. The second-order valence-electron chi connectivity index (χ2n) is 8.19. The van der Waals surface area contributed by atoms with Gasteiger partial charge in [-0.25, -0.2) is 13.6 Å². The summed E-state index contributed by atoms with van der Waals surface area (Å²) in [7, 11) is 0. The summed E-state index contributed by atoms with van der Waals surface area (Å²) < 4.78 is 37.7. The van der Waals surface area contributed by atoms with Crippen molar-refractivity contribution in [3.05, 3.63) is 29.8 Å². The highest BCUT2D eigenvalue weighted by molar-refractivity contribution is 5.68. The minimum Gasteiger partial charge on any atom is -0.487 e. The highest BCUT2D eigenvalue weighted by atomic mass is 19.1. The standard InChI is InChI=1S/C19H25F2NO3/c1-18(2,3)25-17(23)22-8-6-19(7-9-22)11-14(12-19)24-16-5-4-13(20)10-15(16)21/h4-5,10,14H,6-9,11-12H2,1-3H3. The van der Waals surface area contributed by atoms with E-state index in [2.05, 4.69) is 0 Å². The van der Waals surface area contributed by atoms with E-state index >= 15 is 0 Å². The molecule has 6 heteroatoms. The van der Waals surface area contributed by atoms with Crippen LogP contribution in [0.5, 0.6) is 5.75 Å². The normalized spacial score (nSPS) is 20.3. The smallest absolute Gasteiger partial charge is 0.410 e. The summed E-state index contributed by atoms with van der Waals surface area (Å²) in [6.07, 6.45) is 3.17. The molecule has 0 atom stereocenters. The molecule has 0 N–H and O–H groups in total. The largest absolute Gasteiger partial charge is 0.487 e. The van der Waals surface area contributed by atoms with Crippen LogP contribution in [0.15, 0.2) is 18.2 Å². The Morgan fingerprint density at radius 1 is 1.20 bits per heavy atom. The van der Waals surface area contributed by atoms with Gasteiger partial charge in [0.25, 0.3) is 0 Å². The van der Waals surface area contributed by atoms with Gasteiger partial charge in [0.05, 0.1) is 6.10 Å². The molecule has 0 aromatic heterocycles. The molecule has 1 saturated heterocycles. The molecular weight excluding hydrogens is 328 g/mol. The van der Waals surface area contributed by atoms with E-state index < -0.39 is 17.2 Å². The van der Waals surface area contributed by atoms with Crippen LogP contribution in [0.25, 0.3) is 0 Å². The molecule has 25 heavy (non-hydrogen) atoms. The van der Waals surface area contributed by atoms with E-state index in [1.54, 1.807) is 4.90 Å². The summed E-state index contributed by atoms with van der Waals surface area (Å²) >= 11 is 0. The monoisotopic (exact) mass is 353 g/mol. The molecule has 2 aliphatic rings. The van der Waals surface area contributed by atoms with Crippen LogP contribution in [-0.2, 0) is 4.74 Å². The number of carbonyl (C=O) groups is 1. The van der Waals surface area contributed by atoms with Gasteiger partial charge < -0.3 is 14.4 Å². The molecule has 1 spiro atoms. The van der Waals surface area contributed by atoms with Gasteiger partial charge in [-0.3, -0.25) is 0 Å². The quantitative estimate of drug-likeness (QED) is 0.784. The maximum Gasteiger partial charge on any atom is 0.410 e. The van der Waals surface area contributed by atoms with Crippen LogP contribution in [0.1, 0.15) is 46.5 Å². The lowest BCUT2D eigenvalue weighted by Crippen LogP contribution is -2.52. The summed E-state index contributed by atoms with van der Waals surface area (Å²) in [5.74, 6) is -1.17. The van der Waals surface area contributed by atoms with Crippen LogP contribution in [0.4, 0.5) is 13.6 Å². The van der Waals surface area contributed by atoms with Gasteiger partial charge in [0, 0.05) is 19.2 Å². The Morgan fingerprint density at radius 2 is 1.84 bits per heavy atom. The summed E-state index contributed by atoms with van der Waals surface area (Å²) in [6.45, 7) is 6.93. The van der Waals surface area contributed by atoms with Gasteiger partial charge in [-0.05, 0) is 64.0 Å². The third kappa shape index (κ3) is 4.22. The zero-order chi connectivity index (χ0) is 18.2. The van der Waals surface area contributed by atoms with E-state index in [0.29, 0.717) is 13.1 Å². The number of hydrogen-bond donors (Lipinski definition) is 0. The number of amides is 1. The van der Waals surface area contributed by atoms with Crippen LogP contribution in [0.3, 0.4) is 0 Å². The first kappa shape index (κ1) is 18.0. The van der Waals surface area contributed by atoms with Crippen molar-refractivity contribution in [1.82, 2.24) is 4.90 Å². The molecule has 138 valence electrons. The third-order valence-electron chi connectivity index (χ3n) is 4.98. The van der Waals surface area contributed by atoms with E-state index in [-0.39, 0.29) is 23.4 Å². The van der Waals surface area contributed by atoms with Crippen molar-refractivity contribution < 1.29 is 23.0 Å². The molecule has 4 nitrogen and oxygen atoms in total. The van der Waals surface area contributed by atoms with E-state index in [1.807, 2.05) is 20.8 Å². The number of piperidine rings is 1. The number of halogens is 2. The molecule has 1 heterocycles. The second-order valence-corrected chi connectivity index (χ2v) is 8.19. The van der Waals surface area contributed by atoms with Crippen molar-refractivity contribution in [2.45, 2.75) is 58.2 Å². The number of ether oxygens (including phenoxy) is 2. The summed E-state index contributed by atoms with van der Waals surface area (Å²) in [4.78, 5) is 13.9. The molecule has 1 amide bonds. The molecule has 1 aliphatic heterocycles. The zero-order valence-corrected chi connectivity index (χ0v) is 15.0. The highest BCUT2D eigenvalue weighted by Gasteiger charge is 2.48. The summed E-state index contributed by atoms with van der Waals surface area (Å²) in [5.41, 5.74) is -0.319.